The van der Waals surface area contributed by atoms with Crippen molar-refractivity contribution in [1.82, 2.24) is 0 Å². The molecule has 0 saturated carbocycles. The molecule has 0 spiro atoms. The molecule has 0 fully saturated rings. The molecule has 0 aromatic heterocycles. The second-order valence-corrected chi connectivity index (χ2v) is 2.98. The molecular weight excluding hydrogens is 293 g/mol. The minimum absolute atomic E-state index is 0. The molecule has 0 amide bonds. The summed E-state index contributed by atoms with van der Waals surface area (Å²) in [7, 11) is -4.67. The molecule has 0 aliphatic heterocycles. The SMILES string of the molecule is O=S(=O)(O)O.[H-].[H-].[K+].[K+].[O]=[Mn](=[O])(=[O])[OH]. The topological polar surface area (TPSA) is 146 Å². The molecule has 12 heavy (non-hydrogen) atoms. The molecule has 0 aliphatic carbocycles. The van der Waals surface area contributed by atoms with Crippen LogP contribution in [0.4, 0.5) is 0 Å². The summed E-state index contributed by atoms with van der Waals surface area (Å²) in [5.74, 6) is 0. The van der Waals surface area contributed by atoms with Gasteiger partial charge in [0.05, 0.1) is 0 Å². The van der Waals surface area contributed by atoms with Gasteiger partial charge < -0.3 is 2.85 Å². The molecule has 0 heterocycles. The van der Waals surface area contributed by atoms with E-state index in [4.69, 9.17) is 33.2 Å². The summed E-state index contributed by atoms with van der Waals surface area (Å²) in [6.07, 6.45) is 0. The Labute approximate surface area is 158 Å². The standard InChI is InChI=1S/2K.Mn.H2O4S.H2O.3O.2H/c;;;1-5(2,3)4;;;;;;/h;;;(H2,1,2,3,4);1H2;;;;;/q3*+1;;;;;;2*-1/p-1. The predicted octanol–water partition coefficient (Wildman–Crippen LogP) is -7.34. The molecule has 0 aromatic rings. The zero-order valence-corrected chi connectivity index (χ0v) is 14.4. The van der Waals surface area contributed by atoms with Crippen LogP contribution in [0.25, 0.3) is 0 Å². The molecule has 68 valence electrons. The van der Waals surface area contributed by atoms with Crippen molar-refractivity contribution in [3.63, 3.8) is 0 Å². The van der Waals surface area contributed by atoms with Crippen LogP contribution in [-0.4, -0.2) is 21.7 Å². The summed E-state index contributed by atoms with van der Waals surface area (Å²) >= 11 is -5.38. The van der Waals surface area contributed by atoms with E-state index >= 15 is 0 Å². The number of hydrogen-bond acceptors (Lipinski definition) is 5. The zero-order chi connectivity index (χ0) is 9.00. The zero-order valence-electron chi connectivity index (χ0n) is 8.17. The fourth-order valence-corrected chi connectivity index (χ4v) is 0. The summed E-state index contributed by atoms with van der Waals surface area (Å²) in [5.41, 5.74) is 0. The van der Waals surface area contributed by atoms with Crippen molar-refractivity contribution in [2.45, 2.75) is 0 Å². The van der Waals surface area contributed by atoms with Crippen LogP contribution in [0.1, 0.15) is 2.85 Å². The van der Waals surface area contributed by atoms with Crippen LogP contribution in [0, 0.1) is 0 Å². The van der Waals surface area contributed by atoms with Crippen molar-refractivity contribution in [2.24, 2.45) is 0 Å². The van der Waals surface area contributed by atoms with E-state index in [0.29, 0.717) is 0 Å². The van der Waals surface area contributed by atoms with Crippen LogP contribution in [0.2, 0.25) is 0 Å². The van der Waals surface area contributed by atoms with Gasteiger partial charge in [-0.2, -0.15) is 8.42 Å². The summed E-state index contributed by atoms with van der Waals surface area (Å²) in [6.45, 7) is 0. The van der Waals surface area contributed by atoms with E-state index < -0.39 is 23.4 Å². The van der Waals surface area contributed by atoms with Crippen molar-refractivity contribution in [1.29, 1.82) is 0 Å². The van der Waals surface area contributed by atoms with Gasteiger partial charge in [-0.1, -0.05) is 0 Å². The first-order chi connectivity index (χ1) is 4.00. The van der Waals surface area contributed by atoms with Crippen LogP contribution in [-0.2, 0) is 34.9 Å². The van der Waals surface area contributed by atoms with Crippen molar-refractivity contribution < 1.29 is 152 Å². The van der Waals surface area contributed by atoms with E-state index in [9.17, 15) is 0 Å². The van der Waals surface area contributed by atoms with Crippen LogP contribution in [0.15, 0.2) is 0 Å². The van der Waals surface area contributed by atoms with Crippen LogP contribution in [0.3, 0.4) is 0 Å². The maximum absolute atomic E-state index is 8.74. The van der Waals surface area contributed by atoms with E-state index in [1.54, 1.807) is 0 Å². The van der Waals surface area contributed by atoms with Gasteiger partial charge in [-0.15, -0.1) is 0 Å². The van der Waals surface area contributed by atoms with E-state index in [2.05, 4.69) is 0 Å². The molecular formula is H5K2MnO8S. The Morgan fingerprint density at radius 1 is 1.00 bits per heavy atom. The van der Waals surface area contributed by atoms with Gasteiger partial charge in [0.2, 0.25) is 0 Å². The maximum atomic E-state index is 8.74. The van der Waals surface area contributed by atoms with E-state index in [1.165, 1.54) is 0 Å². The Kier molecular flexibility index (Phi) is 21.3. The van der Waals surface area contributed by atoms with E-state index in [1.807, 2.05) is 0 Å². The average molecular weight is 298 g/mol. The van der Waals surface area contributed by atoms with Gasteiger partial charge in [0.25, 0.3) is 0 Å². The van der Waals surface area contributed by atoms with Gasteiger partial charge in [0, 0.05) is 0 Å². The van der Waals surface area contributed by atoms with Gasteiger partial charge in [-0.25, -0.2) is 0 Å². The van der Waals surface area contributed by atoms with Gasteiger partial charge in [0.1, 0.15) is 0 Å². The van der Waals surface area contributed by atoms with Crippen LogP contribution < -0.4 is 103 Å². The fraction of sp³-hybridized carbons (Fsp3) is 0. The third-order valence-corrected chi connectivity index (χ3v) is 0. The Hall–Kier alpha value is 3.02. The minimum atomic E-state index is -5.38. The molecule has 0 unspecified atom stereocenters. The molecule has 0 rings (SSSR count). The molecule has 3 N–H and O–H groups in total. The molecule has 0 bridgehead atoms. The van der Waals surface area contributed by atoms with Crippen LogP contribution in [0.5, 0.6) is 0 Å². The monoisotopic (exact) mass is 298 g/mol. The quantitative estimate of drug-likeness (QED) is 0.295. The van der Waals surface area contributed by atoms with Gasteiger partial charge >= 0.3 is 142 Å². The first kappa shape index (κ1) is 24.3. The van der Waals surface area contributed by atoms with Gasteiger partial charge in [0.15, 0.2) is 0 Å². The summed E-state index contributed by atoms with van der Waals surface area (Å²) in [5, 5.41) is 0. The van der Waals surface area contributed by atoms with Crippen molar-refractivity contribution in [3.05, 3.63) is 0 Å². The third-order valence-electron chi connectivity index (χ3n) is 0. The first-order valence-corrected chi connectivity index (χ1v) is 4.70. The second-order valence-electron chi connectivity index (χ2n) is 0.844. The Bertz CT molecular complexity index is 300. The normalized spacial score (nSPS) is 9.58. The summed E-state index contributed by atoms with van der Waals surface area (Å²) < 4.78 is 64.6. The molecule has 8 nitrogen and oxygen atoms in total. The predicted molar refractivity (Wildman–Crippen MR) is 20.7 cm³/mol. The van der Waals surface area contributed by atoms with Crippen molar-refractivity contribution >= 4 is 10.4 Å². The molecule has 0 radical (unpaired) electrons. The first-order valence-electron chi connectivity index (χ1n) is 1.33. The Morgan fingerprint density at radius 2 is 1.00 bits per heavy atom. The van der Waals surface area contributed by atoms with Gasteiger partial charge in [-0.05, 0) is 0 Å². The summed E-state index contributed by atoms with van der Waals surface area (Å²) in [6, 6.07) is 0. The number of rotatable bonds is 0. The molecule has 0 aliphatic rings. The van der Waals surface area contributed by atoms with Crippen LogP contribution >= 0.6 is 0 Å². The van der Waals surface area contributed by atoms with Crippen molar-refractivity contribution in [3.8, 4) is 0 Å². The Morgan fingerprint density at radius 3 is 1.00 bits per heavy atom. The third kappa shape index (κ3) is 206. The number of hydrogen-bond donors (Lipinski definition) is 3. The molecule has 0 saturated heterocycles. The molecule has 0 aromatic carbocycles. The fourth-order valence-electron chi connectivity index (χ4n) is 0. The van der Waals surface area contributed by atoms with Crippen molar-refractivity contribution in [2.75, 3.05) is 0 Å². The van der Waals surface area contributed by atoms with E-state index in [-0.39, 0.29) is 106 Å². The molecule has 12 heteroatoms. The Balaban J connectivity index is -0.0000000178. The van der Waals surface area contributed by atoms with E-state index in [0.717, 1.165) is 0 Å². The van der Waals surface area contributed by atoms with Gasteiger partial charge in [-0.3, -0.25) is 9.11 Å². The average Bonchev–Trinajstić information content (AvgIpc) is 1.12. The second kappa shape index (κ2) is 10.5. The summed E-state index contributed by atoms with van der Waals surface area (Å²) in [4.78, 5) is 0. The molecule has 0 atom stereocenters.